The summed E-state index contributed by atoms with van der Waals surface area (Å²) in [7, 11) is 0. The summed E-state index contributed by atoms with van der Waals surface area (Å²) in [6.45, 7) is -0.572. The first kappa shape index (κ1) is 9.08. The van der Waals surface area contributed by atoms with Crippen LogP contribution in [0.25, 0.3) is 0 Å². The molecule has 0 bridgehead atoms. The van der Waals surface area contributed by atoms with Crippen molar-refractivity contribution >= 4 is 11.8 Å². The average molecular weight is 181 g/mol. The molecule has 0 amide bonds. The van der Waals surface area contributed by atoms with Gasteiger partial charge in [0, 0.05) is 10.5 Å². The standard InChI is InChI=1S/C9H8FNS/c1-12-9-3-2-7(6-11)8(4-9)5-10/h2-4H,5H2,1H3. The smallest absolute Gasteiger partial charge is 0.116 e. The highest BCUT2D eigenvalue weighted by molar-refractivity contribution is 7.98. The number of nitrogens with zero attached hydrogens (tertiary/aromatic N) is 1. The Morgan fingerprint density at radius 3 is 2.83 bits per heavy atom. The molecule has 1 aromatic rings. The second-order valence-electron chi connectivity index (χ2n) is 2.27. The van der Waals surface area contributed by atoms with E-state index in [1.165, 1.54) is 0 Å². The van der Waals surface area contributed by atoms with Crippen LogP contribution in [0.15, 0.2) is 23.1 Å². The van der Waals surface area contributed by atoms with Crippen molar-refractivity contribution in [1.82, 2.24) is 0 Å². The van der Waals surface area contributed by atoms with Crippen molar-refractivity contribution in [2.75, 3.05) is 6.26 Å². The second-order valence-corrected chi connectivity index (χ2v) is 3.15. The number of nitriles is 1. The van der Waals surface area contributed by atoms with Crippen LogP contribution in [0, 0.1) is 11.3 Å². The van der Waals surface area contributed by atoms with Gasteiger partial charge in [-0.3, -0.25) is 0 Å². The second kappa shape index (κ2) is 4.13. The zero-order chi connectivity index (χ0) is 8.97. The quantitative estimate of drug-likeness (QED) is 0.655. The molecule has 0 aliphatic heterocycles. The lowest BCUT2D eigenvalue weighted by Crippen LogP contribution is -1.86. The highest BCUT2D eigenvalue weighted by atomic mass is 32.2. The molecule has 0 N–H and O–H groups in total. The van der Waals surface area contributed by atoms with Gasteiger partial charge >= 0.3 is 0 Å². The van der Waals surface area contributed by atoms with Crippen molar-refractivity contribution in [3.63, 3.8) is 0 Å². The van der Waals surface area contributed by atoms with E-state index < -0.39 is 6.67 Å². The van der Waals surface area contributed by atoms with Crippen LogP contribution in [0.1, 0.15) is 11.1 Å². The number of benzene rings is 1. The van der Waals surface area contributed by atoms with E-state index in [1.807, 2.05) is 18.4 Å². The largest absolute Gasteiger partial charge is 0.246 e. The van der Waals surface area contributed by atoms with E-state index in [4.69, 9.17) is 5.26 Å². The van der Waals surface area contributed by atoms with Crippen molar-refractivity contribution in [3.8, 4) is 6.07 Å². The fourth-order valence-electron chi connectivity index (χ4n) is 0.917. The molecule has 0 aromatic heterocycles. The Bertz CT molecular complexity index is 317. The first-order chi connectivity index (χ1) is 5.81. The molecule has 0 heterocycles. The number of hydrogen-bond donors (Lipinski definition) is 0. The lowest BCUT2D eigenvalue weighted by Gasteiger charge is -2.00. The molecule has 3 heteroatoms. The normalized spacial score (nSPS) is 9.42. The highest BCUT2D eigenvalue weighted by Gasteiger charge is 2.01. The molecule has 0 aliphatic rings. The van der Waals surface area contributed by atoms with Gasteiger partial charge in [0.25, 0.3) is 0 Å². The fraction of sp³-hybridized carbons (Fsp3) is 0.222. The van der Waals surface area contributed by atoms with Gasteiger partial charge in [-0.25, -0.2) is 4.39 Å². The van der Waals surface area contributed by atoms with Crippen LogP contribution in [0.4, 0.5) is 4.39 Å². The van der Waals surface area contributed by atoms with Crippen molar-refractivity contribution < 1.29 is 4.39 Å². The Morgan fingerprint density at radius 2 is 2.33 bits per heavy atom. The number of rotatable bonds is 2. The number of halogens is 1. The summed E-state index contributed by atoms with van der Waals surface area (Å²) < 4.78 is 12.3. The van der Waals surface area contributed by atoms with Crippen molar-refractivity contribution in [2.45, 2.75) is 11.6 Å². The van der Waals surface area contributed by atoms with Crippen LogP contribution >= 0.6 is 11.8 Å². The van der Waals surface area contributed by atoms with Crippen LogP contribution in [0.5, 0.6) is 0 Å². The zero-order valence-electron chi connectivity index (χ0n) is 6.67. The molecular weight excluding hydrogens is 173 g/mol. The van der Waals surface area contributed by atoms with Crippen LogP contribution in [-0.2, 0) is 6.67 Å². The summed E-state index contributed by atoms with van der Waals surface area (Å²) in [4.78, 5) is 0.988. The van der Waals surface area contributed by atoms with E-state index in [2.05, 4.69) is 0 Å². The van der Waals surface area contributed by atoms with Gasteiger partial charge in [-0.1, -0.05) is 0 Å². The lowest BCUT2D eigenvalue weighted by molar-refractivity contribution is 0.484. The maximum Gasteiger partial charge on any atom is 0.116 e. The summed E-state index contributed by atoms with van der Waals surface area (Å²) in [5.74, 6) is 0. The molecule has 0 unspecified atom stereocenters. The third kappa shape index (κ3) is 1.77. The van der Waals surface area contributed by atoms with Crippen LogP contribution in [-0.4, -0.2) is 6.26 Å². The van der Waals surface area contributed by atoms with E-state index >= 15 is 0 Å². The Labute approximate surface area is 75.2 Å². The molecule has 0 saturated heterocycles. The maximum atomic E-state index is 12.3. The van der Waals surface area contributed by atoms with Gasteiger partial charge in [-0.05, 0) is 24.5 Å². The van der Waals surface area contributed by atoms with E-state index in [0.717, 1.165) is 4.90 Å². The maximum absolute atomic E-state index is 12.3. The lowest BCUT2D eigenvalue weighted by atomic mass is 10.1. The number of hydrogen-bond acceptors (Lipinski definition) is 2. The van der Waals surface area contributed by atoms with Gasteiger partial charge in [0.05, 0.1) is 11.6 Å². The first-order valence-electron chi connectivity index (χ1n) is 3.44. The zero-order valence-corrected chi connectivity index (χ0v) is 7.49. The molecule has 0 aliphatic carbocycles. The van der Waals surface area contributed by atoms with E-state index in [1.54, 1.807) is 23.9 Å². The van der Waals surface area contributed by atoms with E-state index in [9.17, 15) is 4.39 Å². The molecule has 1 nitrogen and oxygen atoms in total. The molecule has 0 spiro atoms. The van der Waals surface area contributed by atoms with Crippen molar-refractivity contribution in [1.29, 1.82) is 5.26 Å². The summed E-state index contributed by atoms with van der Waals surface area (Å²) >= 11 is 1.54. The highest BCUT2D eigenvalue weighted by Crippen LogP contribution is 2.19. The minimum atomic E-state index is -0.572. The van der Waals surface area contributed by atoms with Crippen LogP contribution in [0.3, 0.4) is 0 Å². The van der Waals surface area contributed by atoms with Crippen LogP contribution < -0.4 is 0 Å². The van der Waals surface area contributed by atoms with E-state index in [-0.39, 0.29) is 0 Å². The fourth-order valence-corrected chi connectivity index (χ4v) is 1.38. The molecule has 0 saturated carbocycles. The SMILES string of the molecule is CSc1ccc(C#N)c(CF)c1. The van der Waals surface area contributed by atoms with Gasteiger partial charge in [-0.2, -0.15) is 5.26 Å². The summed E-state index contributed by atoms with van der Waals surface area (Å²) in [6.07, 6.45) is 1.92. The van der Waals surface area contributed by atoms with E-state index in [0.29, 0.717) is 11.1 Å². The minimum Gasteiger partial charge on any atom is -0.246 e. The van der Waals surface area contributed by atoms with Crippen LogP contribution in [0.2, 0.25) is 0 Å². The van der Waals surface area contributed by atoms with Crippen molar-refractivity contribution in [3.05, 3.63) is 29.3 Å². The van der Waals surface area contributed by atoms with Gasteiger partial charge in [0.15, 0.2) is 0 Å². The number of alkyl halides is 1. The molecule has 0 atom stereocenters. The van der Waals surface area contributed by atoms with Gasteiger partial charge in [0.2, 0.25) is 0 Å². The summed E-state index contributed by atoms with van der Waals surface area (Å²) in [5.41, 5.74) is 0.902. The Morgan fingerprint density at radius 1 is 1.58 bits per heavy atom. The molecule has 62 valence electrons. The predicted molar refractivity (Wildman–Crippen MR) is 47.8 cm³/mol. The van der Waals surface area contributed by atoms with Crippen molar-refractivity contribution in [2.24, 2.45) is 0 Å². The van der Waals surface area contributed by atoms with Gasteiger partial charge in [0.1, 0.15) is 6.67 Å². The summed E-state index contributed by atoms with van der Waals surface area (Å²) in [5, 5.41) is 8.59. The topological polar surface area (TPSA) is 23.8 Å². The Kier molecular flexibility index (Phi) is 3.12. The Balaban J connectivity index is 3.13. The molecule has 1 aromatic carbocycles. The number of thioether (sulfide) groups is 1. The molecule has 1 rings (SSSR count). The molecular formula is C9H8FNS. The third-order valence-electron chi connectivity index (χ3n) is 1.58. The third-order valence-corrected chi connectivity index (χ3v) is 2.30. The minimum absolute atomic E-state index is 0.426. The predicted octanol–water partition coefficient (Wildman–Crippen LogP) is 2.75. The monoisotopic (exact) mass is 181 g/mol. The first-order valence-corrected chi connectivity index (χ1v) is 4.67. The molecule has 0 fully saturated rings. The summed E-state index contributed by atoms with van der Waals surface area (Å²) in [6, 6.07) is 7.14. The molecule has 0 radical (unpaired) electrons. The molecule has 12 heavy (non-hydrogen) atoms. The average Bonchev–Trinajstić information content (AvgIpc) is 2.16. The Hall–Kier alpha value is -1.01. The van der Waals surface area contributed by atoms with Gasteiger partial charge < -0.3 is 0 Å². The van der Waals surface area contributed by atoms with Gasteiger partial charge in [-0.15, -0.1) is 11.8 Å².